The summed E-state index contributed by atoms with van der Waals surface area (Å²) in [5, 5.41) is 9.28. The average molecular weight is 279 g/mol. The van der Waals surface area contributed by atoms with Crippen molar-refractivity contribution in [2.24, 2.45) is 5.92 Å². The molecule has 1 saturated heterocycles. The van der Waals surface area contributed by atoms with Gasteiger partial charge in [0.2, 0.25) is 0 Å². The van der Waals surface area contributed by atoms with Gasteiger partial charge in [-0.15, -0.1) is 11.3 Å². The topological polar surface area (TPSA) is 57.6 Å². The fourth-order valence-corrected chi connectivity index (χ4v) is 4.34. The van der Waals surface area contributed by atoms with Crippen molar-refractivity contribution in [3.63, 3.8) is 0 Å². The van der Waals surface area contributed by atoms with Crippen LogP contribution in [-0.2, 0) is 17.6 Å². The van der Waals surface area contributed by atoms with E-state index in [1.165, 1.54) is 21.8 Å². The van der Waals surface area contributed by atoms with Crippen LogP contribution in [0, 0.1) is 5.92 Å². The summed E-state index contributed by atoms with van der Waals surface area (Å²) in [4.78, 5) is 27.3. The number of carboxylic acids is 1. The lowest BCUT2D eigenvalue weighted by Crippen LogP contribution is -2.42. The highest BCUT2D eigenvalue weighted by Gasteiger charge is 2.40. The summed E-state index contributed by atoms with van der Waals surface area (Å²) in [6, 6.07) is 1.31. The van der Waals surface area contributed by atoms with E-state index in [0.717, 1.165) is 19.3 Å². The Morgan fingerprint density at radius 1 is 1.42 bits per heavy atom. The Hall–Kier alpha value is -1.36. The van der Waals surface area contributed by atoms with Gasteiger partial charge in [0.15, 0.2) is 0 Å². The molecule has 2 unspecified atom stereocenters. The standard InChI is InChI=1S/C14H17NO3S/c1-8-5-6-15(12(8)14(17)18)13(16)11-7-9-3-2-4-10(9)19-11/h7-8,12H,2-6H2,1H3,(H,17,18). The molecule has 0 spiro atoms. The van der Waals surface area contributed by atoms with Gasteiger partial charge in [-0.1, -0.05) is 6.92 Å². The van der Waals surface area contributed by atoms with Crippen LogP contribution in [0.25, 0.3) is 0 Å². The molecule has 1 fully saturated rings. The second kappa shape index (κ2) is 4.63. The van der Waals surface area contributed by atoms with Crippen molar-refractivity contribution >= 4 is 23.2 Å². The molecule has 1 amide bonds. The minimum atomic E-state index is -0.887. The second-order valence-electron chi connectivity index (χ2n) is 5.46. The highest BCUT2D eigenvalue weighted by atomic mass is 32.1. The molecule has 5 heteroatoms. The molecule has 1 N–H and O–H groups in total. The Balaban J connectivity index is 1.85. The van der Waals surface area contributed by atoms with Crippen molar-refractivity contribution in [2.45, 2.75) is 38.6 Å². The molecule has 0 bridgehead atoms. The van der Waals surface area contributed by atoms with Gasteiger partial charge in [0.05, 0.1) is 4.88 Å². The third-order valence-electron chi connectivity index (χ3n) is 4.17. The molecule has 0 aromatic carbocycles. The second-order valence-corrected chi connectivity index (χ2v) is 6.60. The summed E-state index contributed by atoms with van der Waals surface area (Å²) in [5.41, 5.74) is 1.28. The first-order chi connectivity index (χ1) is 9.08. The van der Waals surface area contributed by atoms with Crippen molar-refractivity contribution in [1.82, 2.24) is 4.90 Å². The summed E-state index contributed by atoms with van der Waals surface area (Å²) in [6.07, 6.45) is 4.06. The maximum atomic E-state index is 12.5. The van der Waals surface area contributed by atoms with E-state index in [4.69, 9.17) is 0 Å². The molecular formula is C14H17NO3S. The van der Waals surface area contributed by atoms with E-state index in [2.05, 4.69) is 0 Å². The number of aryl methyl sites for hydroxylation is 2. The number of thiophene rings is 1. The molecular weight excluding hydrogens is 262 g/mol. The van der Waals surface area contributed by atoms with Gasteiger partial charge >= 0.3 is 5.97 Å². The zero-order valence-corrected chi connectivity index (χ0v) is 11.7. The third-order valence-corrected chi connectivity index (χ3v) is 5.40. The first-order valence-electron chi connectivity index (χ1n) is 6.73. The summed E-state index contributed by atoms with van der Waals surface area (Å²) < 4.78 is 0. The molecule has 3 rings (SSSR count). The van der Waals surface area contributed by atoms with Crippen molar-refractivity contribution < 1.29 is 14.7 Å². The average Bonchev–Trinajstić information content (AvgIpc) is 2.99. The number of likely N-dealkylation sites (tertiary alicyclic amines) is 1. The summed E-state index contributed by atoms with van der Waals surface area (Å²) >= 11 is 1.55. The van der Waals surface area contributed by atoms with Crippen LogP contribution in [0.2, 0.25) is 0 Å². The molecule has 1 aromatic rings. The SMILES string of the molecule is CC1CCN(C(=O)c2cc3c(s2)CCC3)C1C(=O)O. The first kappa shape index (κ1) is 12.7. The van der Waals surface area contributed by atoms with Gasteiger partial charge in [-0.25, -0.2) is 4.79 Å². The minimum Gasteiger partial charge on any atom is -0.480 e. The Bertz CT molecular complexity index is 515. The minimum absolute atomic E-state index is 0.0354. The molecule has 2 atom stereocenters. The Morgan fingerprint density at radius 3 is 2.89 bits per heavy atom. The van der Waals surface area contributed by atoms with Crippen LogP contribution in [0.4, 0.5) is 0 Å². The lowest BCUT2D eigenvalue weighted by Gasteiger charge is -2.22. The van der Waals surface area contributed by atoms with E-state index in [0.29, 0.717) is 11.4 Å². The molecule has 2 heterocycles. The first-order valence-corrected chi connectivity index (χ1v) is 7.55. The molecule has 19 heavy (non-hydrogen) atoms. The third kappa shape index (κ3) is 2.06. The van der Waals surface area contributed by atoms with E-state index in [-0.39, 0.29) is 11.8 Å². The summed E-state index contributed by atoms with van der Waals surface area (Å²) in [6.45, 7) is 2.46. The predicted octanol–water partition coefficient (Wildman–Crippen LogP) is 2.17. The molecule has 1 aliphatic heterocycles. The van der Waals surface area contributed by atoms with E-state index >= 15 is 0 Å². The number of carboxylic acid groups (broad SMARTS) is 1. The predicted molar refractivity (Wildman–Crippen MR) is 72.6 cm³/mol. The summed E-state index contributed by atoms with van der Waals surface area (Å²) in [5.74, 6) is -0.952. The Morgan fingerprint density at radius 2 is 2.21 bits per heavy atom. The van der Waals surface area contributed by atoms with Crippen molar-refractivity contribution in [2.75, 3.05) is 6.54 Å². The van der Waals surface area contributed by atoms with Crippen molar-refractivity contribution in [1.29, 1.82) is 0 Å². The number of fused-ring (bicyclic) bond motifs is 1. The Labute approximate surface area is 116 Å². The highest BCUT2D eigenvalue weighted by Crippen LogP contribution is 2.33. The number of hydrogen-bond donors (Lipinski definition) is 1. The van der Waals surface area contributed by atoms with Crippen LogP contribution in [0.5, 0.6) is 0 Å². The maximum Gasteiger partial charge on any atom is 0.326 e. The van der Waals surface area contributed by atoms with Gasteiger partial charge < -0.3 is 10.0 Å². The van der Waals surface area contributed by atoms with Gasteiger partial charge in [-0.3, -0.25) is 4.79 Å². The van der Waals surface area contributed by atoms with Crippen molar-refractivity contribution in [3.8, 4) is 0 Å². The molecule has 0 radical (unpaired) electrons. The van der Waals surface area contributed by atoms with Gasteiger partial charge in [0.1, 0.15) is 6.04 Å². The molecule has 1 aliphatic carbocycles. The normalized spacial score (nSPS) is 25.6. The lowest BCUT2D eigenvalue weighted by molar-refractivity contribution is -0.142. The van der Waals surface area contributed by atoms with Crippen LogP contribution in [0.3, 0.4) is 0 Å². The van der Waals surface area contributed by atoms with Crippen LogP contribution < -0.4 is 0 Å². The Kier molecular flexibility index (Phi) is 3.09. The quantitative estimate of drug-likeness (QED) is 0.902. The number of rotatable bonds is 2. The number of hydrogen-bond acceptors (Lipinski definition) is 3. The molecule has 0 saturated carbocycles. The van der Waals surface area contributed by atoms with Crippen LogP contribution in [0.1, 0.15) is 39.9 Å². The maximum absolute atomic E-state index is 12.5. The van der Waals surface area contributed by atoms with E-state index in [1.54, 1.807) is 11.3 Å². The van der Waals surface area contributed by atoms with Gasteiger partial charge in [0, 0.05) is 11.4 Å². The lowest BCUT2D eigenvalue weighted by atomic mass is 10.0. The van der Waals surface area contributed by atoms with Crippen LogP contribution in [0.15, 0.2) is 6.07 Å². The molecule has 4 nitrogen and oxygen atoms in total. The highest BCUT2D eigenvalue weighted by molar-refractivity contribution is 7.14. The number of amides is 1. The molecule has 2 aliphatic rings. The largest absolute Gasteiger partial charge is 0.480 e. The number of nitrogens with zero attached hydrogens (tertiary/aromatic N) is 1. The monoisotopic (exact) mass is 279 g/mol. The zero-order chi connectivity index (χ0) is 13.6. The number of carbonyl (C=O) groups is 2. The van der Waals surface area contributed by atoms with Gasteiger partial charge in [-0.2, -0.15) is 0 Å². The van der Waals surface area contributed by atoms with Crippen molar-refractivity contribution in [3.05, 3.63) is 21.4 Å². The molecule has 1 aromatic heterocycles. The van der Waals surface area contributed by atoms with E-state index < -0.39 is 12.0 Å². The fourth-order valence-electron chi connectivity index (χ4n) is 3.13. The number of carbonyl (C=O) groups excluding carboxylic acids is 1. The zero-order valence-electron chi connectivity index (χ0n) is 10.9. The summed E-state index contributed by atoms with van der Waals surface area (Å²) in [7, 11) is 0. The fraction of sp³-hybridized carbons (Fsp3) is 0.571. The van der Waals surface area contributed by atoms with Crippen LogP contribution in [-0.4, -0.2) is 34.5 Å². The molecule has 102 valence electrons. The van der Waals surface area contributed by atoms with E-state index in [9.17, 15) is 14.7 Å². The smallest absolute Gasteiger partial charge is 0.326 e. The number of aliphatic carboxylic acids is 1. The van der Waals surface area contributed by atoms with Crippen LogP contribution >= 0.6 is 11.3 Å². The van der Waals surface area contributed by atoms with Gasteiger partial charge in [-0.05, 0) is 43.2 Å². The van der Waals surface area contributed by atoms with E-state index in [1.807, 2.05) is 13.0 Å². The van der Waals surface area contributed by atoms with Gasteiger partial charge in [0.25, 0.3) is 5.91 Å².